The molecule has 6 heteroatoms. The van der Waals surface area contributed by atoms with E-state index in [-0.39, 0.29) is 21.7 Å². The molecule has 0 saturated heterocycles. The molecule has 83 heavy (non-hydrogen) atoms. The van der Waals surface area contributed by atoms with Crippen molar-refractivity contribution < 1.29 is 17.6 Å². The Balaban J connectivity index is 1.23. The van der Waals surface area contributed by atoms with Gasteiger partial charge in [0.2, 0.25) is 0 Å². The smallest absolute Gasteiger partial charge is 0.145 e. The maximum absolute atomic E-state index is 16.8. The van der Waals surface area contributed by atoms with Gasteiger partial charge in [0, 0.05) is 44.6 Å². The van der Waals surface area contributed by atoms with Crippen molar-refractivity contribution in [3.05, 3.63) is 262 Å². The van der Waals surface area contributed by atoms with Gasteiger partial charge in [0.15, 0.2) is 0 Å². The molecule has 1 aliphatic carbocycles. The summed E-state index contributed by atoms with van der Waals surface area (Å²) in [6.07, 6.45) is 0. The van der Waals surface area contributed by atoms with Gasteiger partial charge >= 0.3 is 0 Å². The van der Waals surface area contributed by atoms with Crippen molar-refractivity contribution in [1.82, 2.24) is 0 Å². The Morgan fingerprint density at radius 1 is 0.337 bits per heavy atom. The van der Waals surface area contributed by atoms with E-state index < -0.39 is 17.0 Å². The summed E-state index contributed by atoms with van der Waals surface area (Å²) in [7, 11) is 0. The summed E-state index contributed by atoms with van der Waals surface area (Å²) < 4.78 is 48.4. The molecule has 0 radical (unpaired) electrons. The molecule has 0 spiro atoms. The molecule has 13 rings (SSSR count). The van der Waals surface area contributed by atoms with E-state index in [4.69, 9.17) is 8.83 Å². The number of para-hydroxylation sites is 2. The monoisotopic (exact) mass is 1090 g/mol. The molecule has 12 aromatic rings. The predicted octanol–water partition coefficient (Wildman–Crippen LogP) is 22.3. The first-order valence-electron chi connectivity index (χ1n) is 29.0. The SMILES string of the molecule is CC(C)(C)c1ccc(N(c2ccc(C(C)(C)C)cc2)c2cc3c(c4oc5ccccc5c24)-c2c(cc(N(c4ccc(C(C)(C)C)cc4)c4ccc(C(C)(C)C)cc4)c4c2oc2ccccc24)C3(c2cccc(F)c2)c2cccc(F)c2)cc1. The second kappa shape index (κ2) is 19.2. The average molecular weight is 1090 g/mol. The Kier molecular flexibility index (Phi) is 12.4. The molecule has 0 aliphatic heterocycles. The highest BCUT2D eigenvalue weighted by Gasteiger charge is 2.51. The second-order valence-corrected chi connectivity index (χ2v) is 26.9. The topological polar surface area (TPSA) is 32.8 Å². The molecule has 0 bridgehead atoms. The molecule has 2 aromatic heterocycles. The molecular weight excluding hydrogens is 1020 g/mol. The molecule has 0 fully saturated rings. The van der Waals surface area contributed by atoms with Crippen LogP contribution in [0.4, 0.5) is 42.9 Å². The largest absolute Gasteiger partial charge is 0.455 e. The van der Waals surface area contributed by atoms with Gasteiger partial charge in [-0.3, -0.25) is 0 Å². The predicted molar refractivity (Wildman–Crippen MR) is 342 cm³/mol. The first kappa shape index (κ1) is 53.6. The van der Waals surface area contributed by atoms with Crippen LogP contribution < -0.4 is 9.80 Å². The van der Waals surface area contributed by atoms with Crippen LogP contribution in [-0.2, 0) is 27.1 Å². The molecule has 0 N–H and O–H groups in total. The molecule has 0 unspecified atom stereocenters. The quantitative estimate of drug-likeness (QED) is 0.152. The van der Waals surface area contributed by atoms with Crippen molar-refractivity contribution in [2.24, 2.45) is 0 Å². The summed E-state index contributed by atoms with van der Waals surface area (Å²) in [4.78, 5) is 4.67. The Hall–Kier alpha value is -8.74. The van der Waals surface area contributed by atoms with Gasteiger partial charge in [-0.25, -0.2) is 8.78 Å². The number of fused-ring (bicyclic) bond motifs is 11. The Morgan fingerprint density at radius 2 is 0.639 bits per heavy atom. The summed E-state index contributed by atoms with van der Waals surface area (Å²) in [5, 5.41) is 3.65. The van der Waals surface area contributed by atoms with E-state index in [9.17, 15) is 0 Å². The molecule has 1 aliphatic rings. The van der Waals surface area contributed by atoms with Crippen LogP contribution in [0.15, 0.2) is 215 Å². The molecular formula is C77H70F2N2O2. The highest BCUT2D eigenvalue weighted by molar-refractivity contribution is 6.25. The van der Waals surface area contributed by atoms with Crippen molar-refractivity contribution in [2.75, 3.05) is 9.80 Å². The summed E-state index contributed by atoms with van der Waals surface area (Å²) in [6, 6.07) is 70.2. The van der Waals surface area contributed by atoms with Crippen LogP contribution in [0.25, 0.3) is 55.0 Å². The van der Waals surface area contributed by atoms with Crippen LogP contribution in [0.3, 0.4) is 0 Å². The summed E-state index contributed by atoms with van der Waals surface area (Å²) in [5.74, 6) is -0.829. The number of benzene rings is 10. The minimum absolute atomic E-state index is 0.0945. The third kappa shape index (κ3) is 8.83. The third-order valence-electron chi connectivity index (χ3n) is 17.3. The van der Waals surface area contributed by atoms with E-state index in [1.807, 2.05) is 36.4 Å². The molecule has 414 valence electrons. The number of rotatable bonds is 8. The van der Waals surface area contributed by atoms with Gasteiger partial charge < -0.3 is 18.6 Å². The molecule has 4 nitrogen and oxygen atoms in total. The van der Waals surface area contributed by atoms with Gasteiger partial charge in [-0.2, -0.15) is 0 Å². The molecule has 0 atom stereocenters. The highest BCUT2D eigenvalue weighted by Crippen LogP contribution is 2.64. The van der Waals surface area contributed by atoms with Gasteiger partial charge in [0.1, 0.15) is 34.0 Å². The number of furan rings is 2. The fourth-order valence-electron chi connectivity index (χ4n) is 12.9. The molecule has 0 saturated carbocycles. The van der Waals surface area contributed by atoms with Crippen LogP contribution in [0.1, 0.15) is 128 Å². The number of hydrogen-bond donors (Lipinski definition) is 0. The van der Waals surface area contributed by atoms with Crippen LogP contribution in [0, 0.1) is 11.6 Å². The summed E-state index contributed by atoms with van der Waals surface area (Å²) >= 11 is 0. The van der Waals surface area contributed by atoms with Gasteiger partial charge in [-0.1, -0.05) is 192 Å². The molecule has 2 heterocycles. The minimum Gasteiger partial charge on any atom is -0.455 e. The first-order chi connectivity index (χ1) is 39.5. The van der Waals surface area contributed by atoms with Crippen LogP contribution >= 0.6 is 0 Å². The maximum atomic E-state index is 16.8. The standard InChI is InChI=1S/C77H70F2N2O2/c1-73(2,3)47-27-35-55(36-28-47)80(56-37-29-48(30-38-56)74(4,5)6)63-45-61-69(71-67(63)59-23-13-15-25-65(59)82-71)70-62(77(61,51-19-17-21-53(78)43-51)52-20-18-22-54(79)44-52)46-64(68-60-24-14-16-26-66(60)83-72(68)70)81(57-39-31-49(32-40-57)75(7,8)9)58-41-33-50(34-42-58)76(10,11)12/h13-46H,1-12H3. The zero-order valence-corrected chi connectivity index (χ0v) is 49.6. The second-order valence-electron chi connectivity index (χ2n) is 26.9. The summed E-state index contributed by atoms with van der Waals surface area (Å²) in [6.45, 7) is 26.8. The first-order valence-corrected chi connectivity index (χ1v) is 29.0. The molecule has 0 amide bonds. The van der Waals surface area contributed by atoms with E-state index in [0.29, 0.717) is 33.5 Å². The van der Waals surface area contributed by atoms with Gasteiger partial charge in [0.05, 0.1) is 27.6 Å². The third-order valence-corrected chi connectivity index (χ3v) is 17.3. The number of hydrogen-bond acceptors (Lipinski definition) is 4. The average Bonchev–Trinajstić information content (AvgIpc) is 1.83. The Morgan fingerprint density at radius 3 is 0.928 bits per heavy atom. The van der Waals surface area contributed by atoms with Crippen molar-refractivity contribution in [2.45, 2.75) is 110 Å². The molecule has 10 aromatic carbocycles. The van der Waals surface area contributed by atoms with E-state index in [0.717, 1.165) is 77.9 Å². The highest BCUT2D eigenvalue weighted by atomic mass is 19.1. The number of nitrogens with zero attached hydrogens (tertiary/aromatic N) is 2. The fraction of sp³-hybridized carbons (Fsp3) is 0.221. The van der Waals surface area contributed by atoms with E-state index in [1.165, 1.54) is 34.4 Å². The number of anilines is 6. The maximum Gasteiger partial charge on any atom is 0.145 e. The minimum atomic E-state index is -1.39. The van der Waals surface area contributed by atoms with Gasteiger partial charge in [-0.05, 0) is 163 Å². The number of halogens is 2. The zero-order valence-electron chi connectivity index (χ0n) is 49.6. The Bertz CT molecular complexity index is 4070. The van der Waals surface area contributed by atoms with Crippen molar-refractivity contribution in [3.63, 3.8) is 0 Å². The van der Waals surface area contributed by atoms with Crippen LogP contribution in [0.5, 0.6) is 0 Å². The van der Waals surface area contributed by atoms with Gasteiger partial charge in [0.25, 0.3) is 0 Å². The summed E-state index contributed by atoms with van der Waals surface area (Å²) in [5.41, 5.74) is 15.6. The van der Waals surface area contributed by atoms with Crippen molar-refractivity contribution in [1.29, 1.82) is 0 Å². The van der Waals surface area contributed by atoms with E-state index in [2.05, 4.69) is 226 Å². The van der Waals surface area contributed by atoms with E-state index in [1.54, 1.807) is 24.3 Å². The van der Waals surface area contributed by atoms with Crippen molar-refractivity contribution in [3.8, 4) is 11.1 Å². The lowest BCUT2D eigenvalue weighted by atomic mass is 9.67. The zero-order chi connectivity index (χ0) is 58.1. The lowest BCUT2D eigenvalue weighted by molar-refractivity contribution is 0.590. The Labute approximate surface area is 486 Å². The lowest BCUT2D eigenvalue weighted by Crippen LogP contribution is -2.29. The van der Waals surface area contributed by atoms with Crippen LogP contribution in [-0.4, -0.2) is 0 Å². The van der Waals surface area contributed by atoms with Crippen molar-refractivity contribution >= 4 is 78.0 Å². The fourth-order valence-corrected chi connectivity index (χ4v) is 12.9. The lowest BCUT2D eigenvalue weighted by Gasteiger charge is -2.36. The normalized spacial score (nSPS) is 13.5. The van der Waals surface area contributed by atoms with Crippen LogP contribution in [0.2, 0.25) is 0 Å². The van der Waals surface area contributed by atoms with E-state index >= 15 is 8.78 Å². The van der Waals surface area contributed by atoms with Gasteiger partial charge in [-0.15, -0.1) is 0 Å².